The normalized spacial score (nSPS) is 11.5. The van der Waals surface area contributed by atoms with Crippen LogP contribution in [-0.4, -0.2) is 19.9 Å². The fourth-order valence-corrected chi connectivity index (χ4v) is 2.47. The summed E-state index contributed by atoms with van der Waals surface area (Å²) in [5.41, 5.74) is 2.72. The molecule has 0 aliphatic carbocycles. The van der Waals surface area contributed by atoms with E-state index in [1.807, 2.05) is 25.1 Å². The van der Waals surface area contributed by atoms with Crippen LogP contribution in [0.5, 0.6) is 0 Å². The fourth-order valence-electron chi connectivity index (χ4n) is 2.26. The zero-order valence-corrected chi connectivity index (χ0v) is 15.1. The summed E-state index contributed by atoms with van der Waals surface area (Å²) in [6, 6.07) is 10.6. The SMILES string of the molecule is CCC(C)c1cccc([N+](=O)[O-])c1.Cc1nc(Cl)nc2ncccc12. The van der Waals surface area contributed by atoms with Crippen molar-refractivity contribution >= 4 is 28.3 Å². The first kappa shape index (κ1) is 18.7. The average molecular weight is 359 g/mol. The summed E-state index contributed by atoms with van der Waals surface area (Å²) < 4.78 is 0. The van der Waals surface area contributed by atoms with Gasteiger partial charge in [0, 0.05) is 23.7 Å². The van der Waals surface area contributed by atoms with E-state index in [2.05, 4.69) is 28.8 Å². The highest BCUT2D eigenvalue weighted by Crippen LogP contribution is 2.22. The van der Waals surface area contributed by atoms with E-state index >= 15 is 0 Å². The zero-order valence-electron chi connectivity index (χ0n) is 14.3. The molecule has 6 nitrogen and oxygen atoms in total. The van der Waals surface area contributed by atoms with Crippen LogP contribution in [0.3, 0.4) is 0 Å². The summed E-state index contributed by atoms with van der Waals surface area (Å²) >= 11 is 5.66. The fraction of sp³-hybridized carbons (Fsp3) is 0.278. The molecule has 0 spiro atoms. The third-order valence-corrected chi connectivity index (χ3v) is 4.07. The van der Waals surface area contributed by atoms with Crippen molar-refractivity contribution in [2.45, 2.75) is 33.1 Å². The molecule has 0 saturated carbocycles. The molecule has 0 amide bonds. The largest absolute Gasteiger partial charge is 0.269 e. The minimum absolute atomic E-state index is 0.179. The van der Waals surface area contributed by atoms with Gasteiger partial charge in [-0.25, -0.2) is 9.97 Å². The molecule has 0 radical (unpaired) electrons. The van der Waals surface area contributed by atoms with Gasteiger partial charge >= 0.3 is 0 Å². The first-order valence-electron chi connectivity index (χ1n) is 7.91. The van der Waals surface area contributed by atoms with Crippen molar-refractivity contribution in [1.82, 2.24) is 15.0 Å². The van der Waals surface area contributed by atoms with Gasteiger partial charge < -0.3 is 0 Å². The molecule has 130 valence electrons. The molecule has 1 aromatic carbocycles. The Labute approximate surface area is 151 Å². The Morgan fingerprint density at radius 1 is 1.24 bits per heavy atom. The van der Waals surface area contributed by atoms with E-state index in [0.29, 0.717) is 11.6 Å². The number of nitro groups is 1. The molecular weight excluding hydrogens is 340 g/mol. The Bertz CT molecular complexity index is 886. The highest BCUT2D eigenvalue weighted by molar-refractivity contribution is 6.28. The number of nitrogens with zero attached hydrogens (tertiary/aromatic N) is 4. The van der Waals surface area contributed by atoms with Crippen molar-refractivity contribution in [3.05, 3.63) is 69.3 Å². The summed E-state index contributed by atoms with van der Waals surface area (Å²) in [6.07, 6.45) is 2.69. The Hall–Kier alpha value is -2.60. The van der Waals surface area contributed by atoms with E-state index < -0.39 is 0 Å². The Kier molecular flexibility index (Phi) is 6.36. The van der Waals surface area contributed by atoms with Crippen LogP contribution in [0.2, 0.25) is 5.28 Å². The molecule has 7 heteroatoms. The number of benzene rings is 1. The minimum atomic E-state index is -0.355. The van der Waals surface area contributed by atoms with Crippen LogP contribution in [0, 0.1) is 17.0 Å². The zero-order chi connectivity index (χ0) is 18.4. The van der Waals surface area contributed by atoms with Crippen molar-refractivity contribution in [2.75, 3.05) is 0 Å². The lowest BCUT2D eigenvalue weighted by molar-refractivity contribution is -0.384. The molecule has 0 fully saturated rings. The van der Waals surface area contributed by atoms with E-state index in [1.165, 1.54) is 6.07 Å². The van der Waals surface area contributed by atoms with Crippen LogP contribution >= 0.6 is 11.6 Å². The van der Waals surface area contributed by atoms with E-state index in [0.717, 1.165) is 23.1 Å². The lowest BCUT2D eigenvalue weighted by Crippen LogP contribution is -1.93. The average Bonchev–Trinajstić information content (AvgIpc) is 2.61. The van der Waals surface area contributed by atoms with Gasteiger partial charge in [-0.05, 0) is 48.6 Å². The van der Waals surface area contributed by atoms with Gasteiger partial charge in [0.15, 0.2) is 5.65 Å². The molecular formula is C18H19ClN4O2. The van der Waals surface area contributed by atoms with Gasteiger partial charge in [0.1, 0.15) is 0 Å². The minimum Gasteiger partial charge on any atom is -0.258 e. The summed E-state index contributed by atoms with van der Waals surface area (Å²) in [7, 11) is 0. The second-order valence-electron chi connectivity index (χ2n) is 5.61. The third-order valence-electron chi connectivity index (χ3n) is 3.90. The maximum atomic E-state index is 10.5. The number of hydrogen-bond acceptors (Lipinski definition) is 5. The molecule has 0 saturated heterocycles. The number of aromatic nitrogens is 3. The van der Waals surface area contributed by atoms with Crippen LogP contribution < -0.4 is 0 Å². The van der Waals surface area contributed by atoms with Crippen molar-refractivity contribution in [1.29, 1.82) is 0 Å². The molecule has 25 heavy (non-hydrogen) atoms. The molecule has 1 unspecified atom stereocenters. The highest BCUT2D eigenvalue weighted by atomic mass is 35.5. The van der Waals surface area contributed by atoms with Crippen LogP contribution in [0.15, 0.2) is 42.6 Å². The number of hydrogen-bond donors (Lipinski definition) is 0. The number of non-ortho nitro benzene ring substituents is 1. The summed E-state index contributed by atoms with van der Waals surface area (Å²) in [6.45, 7) is 6.03. The maximum Gasteiger partial charge on any atom is 0.269 e. The van der Waals surface area contributed by atoms with Crippen LogP contribution in [0.25, 0.3) is 11.0 Å². The maximum absolute atomic E-state index is 10.5. The molecule has 3 aromatic rings. The third kappa shape index (κ3) is 4.93. The molecule has 2 aromatic heterocycles. The van der Waals surface area contributed by atoms with Gasteiger partial charge in [0.25, 0.3) is 5.69 Å². The van der Waals surface area contributed by atoms with E-state index in [-0.39, 0.29) is 15.9 Å². The van der Waals surface area contributed by atoms with Gasteiger partial charge in [-0.15, -0.1) is 0 Å². The number of aryl methyl sites for hydroxylation is 1. The number of pyridine rings is 1. The molecule has 3 rings (SSSR count). The predicted octanol–water partition coefficient (Wildman–Crippen LogP) is 5.09. The highest BCUT2D eigenvalue weighted by Gasteiger charge is 2.08. The van der Waals surface area contributed by atoms with Gasteiger partial charge in [-0.1, -0.05) is 26.0 Å². The molecule has 1 atom stereocenters. The number of nitro benzene ring substituents is 1. The molecule has 0 bridgehead atoms. The lowest BCUT2D eigenvalue weighted by atomic mass is 9.98. The van der Waals surface area contributed by atoms with Gasteiger partial charge in [0.2, 0.25) is 5.28 Å². The van der Waals surface area contributed by atoms with Gasteiger partial charge in [-0.2, -0.15) is 4.98 Å². The smallest absolute Gasteiger partial charge is 0.258 e. The van der Waals surface area contributed by atoms with Crippen molar-refractivity contribution < 1.29 is 4.92 Å². The van der Waals surface area contributed by atoms with Crippen LogP contribution in [0.4, 0.5) is 5.69 Å². The summed E-state index contributed by atoms with van der Waals surface area (Å²) in [4.78, 5) is 22.2. The topological polar surface area (TPSA) is 81.8 Å². The lowest BCUT2D eigenvalue weighted by Gasteiger charge is -2.07. The predicted molar refractivity (Wildman–Crippen MR) is 98.9 cm³/mol. The van der Waals surface area contributed by atoms with Crippen LogP contribution in [0.1, 0.15) is 37.4 Å². The van der Waals surface area contributed by atoms with Crippen LogP contribution in [-0.2, 0) is 0 Å². The number of rotatable bonds is 3. The van der Waals surface area contributed by atoms with Crippen molar-refractivity contribution in [2.24, 2.45) is 0 Å². The first-order chi connectivity index (χ1) is 11.9. The molecule has 0 N–H and O–H groups in total. The summed E-state index contributed by atoms with van der Waals surface area (Å²) in [5, 5.41) is 11.7. The van der Waals surface area contributed by atoms with Crippen molar-refractivity contribution in [3.8, 4) is 0 Å². The van der Waals surface area contributed by atoms with Gasteiger partial charge in [-0.3, -0.25) is 10.1 Å². The number of fused-ring (bicyclic) bond motifs is 1. The van der Waals surface area contributed by atoms with E-state index in [9.17, 15) is 10.1 Å². The van der Waals surface area contributed by atoms with E-state index in [4.69, 9.17) is 11.6 Å². The van der Waals surface area contributed by atoms with Gasteiger partial charge in [0.05, 0.1) is 10.6 Å². The Balaban J connectivity index is 0.000000181. The second kappa shape index (κ2) is 8.48. The molecule has 0 aliphatic heterocycles. The number of halogens is 1. The quantitative estimate of drug-likeness (QED) is 0.369. The van der Waals surface area contributed by atoms with E-state index in [1.54, 1.807) is 18.3 Å². The first-order valence-corrected chi connectivity index (χ1v) is 8.29. The Morgan fingerprint density at radius 2 is 2.00 bits per heavy atom. The molecule has 2 heterocycles. The standard InChI is InChI=1S/C10H13NO2.C8H6ClN3/c1-3-8(2)9-5-4-6-10(7-9)11(12)13;1-5-6-3-2-4-10-7(6)12-8(9)11-5/h4-8H,3H2,1-2H3;2-4H,1H3. The molecule has 0 aliphatic rings. The Morgan fingerprint density at radius 3 is 2.68 bits per heavy atom. The second-order valence-corrected chi connectivity index (χ2v) is 5.95. The summed E-state index contributed by atoms with van der Waals surface area (Å²) in [5.74, 6) is 0.389. The monoisotopic (exact) mass is 358 g/mol. The van der Waals surface area contributed by atoms with Crippen molar-refractivity contribution in [3.63, 3.8) is 0 Å².